The van der Waals surface area contributed by atoms with Crippen LogP contribution in [0.3, 0.4) is 0 Å². The highest BCUT2D eigenvalue weighted by Gasteiger charge is 2.21. The Morgan fingerprint density at radius 3 is 2.46 bits per heavy atom. The highest BCUT2D eigenvalue weighted by atomic mass is 32.2. The molecule has 0 atom stereocenters. The molecule has 0 spiro atoms. The Hall–Kier alpha value is -3.51. The third-order valence-electron chi connectivity index (χ3n) is 3.41. The maximum Gasteiger partial charge on any atom is 0.319 e. The fourth-order valence-electron chi connectivity index (χ4n) is 2.01. The first kappa shape index (κ1) is 20.8. The van der Waals surface area contributed by atoms with Crippen LogP contribution in [0.5, 0.6) is 5.75 Å². The molecule has 0 saturated heterocycles. The number of nitrogens with two attached hydrogens (primary N) is 1. The van der Waals surface area contributed by atoms with Gasteiger partial charge in [0, 0.05) is 17.7 Å². The molecule has 12 heteroatoms. The Bertz CT molecular complexity index is 1020. The topological polar surface area (TPSA) is 161 Å². The summed E-state index contributed by atoms with van der Waals surface area (Å²) in [5.74, 6) is -0.587. The first-order chi connectivity index (χ1) is 13.1. The van der Waals surface area contributed by atoms with E-state index in [1.807, 2.05) is 0 Å². The van der Waals surface area contributed by atoms with Crippen LogP contribution in [0.25, 0.3) is 0 Å². The molecular weight excluding hydrogens is 390 g/mol. The number of methoxy groups -OCH3 is 1. The Balaban J connectivity index is 2.33. The van der Waals surface area contributed by atoms with Crippen LogP contribution in [-0.4, -0.2) is 37.8 Å². The van der Waals surface area contributed by atoms with Crippen molar-refractivity contribution in [3.63, 3.8) is 0 Å². The van der Waals surface area contributed by atoms with E-state index in [1.54, 1.807) is 19.1 Å². The predicted molar refractivity (Wildman–Crippen MR) is 100 cm³/mol. The fourth-order valence-corrected chi connectivity index (χ4v) is 2.87. The predicted octanol–water partition coefficient (Wildman–Crippen LogP) is 1.76. The largest absolute Gasteiger partial charge is 0.496 e. The van der Waals surface area contributed by atoms with Gasteiger partial charge < -0.3 is 10.5 Å². The van der Waals surface area contributed by atoms with Crippen molar-refractivity contribution in [3.05, 3.63) is 63.7 Å². The quantitative estimate of drug-likeness (QED) is 0.304. The SMILES string of the molecule is COc1ccc([N+](=O)[O-])cc1C=NN(OS(=O)(=O)c1ccc(C)cc1)C(=N)N. The van der Waals surface area contributed by atoms with Crippen LogP contribution in [0.15, 0.2) is 52.5 Å². The molecule has 0 aliphatic heterocycles. The maximum absolute atomic E-state index is 12.3. The van der Waals surface area contributed by atoms with Gasteiger partial charge in [0.15, 0.2) is 0 Å². The summed E-state index contributed by atoms with van der Waals surface area (Å²) in [6.45, 7) is 1.79. The summed E-state index contributed by atoms with van der Waals surface area (Å²) in [6, 6.07) is 9.55. The van der Waals surface area contributed by atoms with E-state index in [0.29, 0.717) is 0 Å². The number of nitro benzene ring substituents is 1. The minimum Gasteiger partial charge on any atom is -0.496 e. The van der Waals surface area contributed by atoms with Crippen molar-refractivity contribution in [2.45, 2.75) is 11.8 Å². The summed E-state index contributed by atoms with van der Waals surface area (Å²) in [5.41, 5.74) is 6.09. The second-order valence-corrected chi connectivity index (χ2v) is 6.96. The molecule has 3 N–H and O–H groups in total. The summed E-state index contributed by atoms with van der Waals surface area (Å²) in [7, 11) is -2.96. The van der Waals surface area contributed by atoms with Gasteiger partial charge in [-0.3, -0.25) is 15.5 Å². The van der Waals surface area contributed by atoms with Gasteiger partial charge in [0.1, 0.15) is 5.75 Å². The van der Waals surface area contributed by atoms with Crippen LogP contribution < -0.4 is 10.5 Å². The molecule has 0 heterocycles. The van der Waals surface area contributed by atoms with Gasteiger partial charge in [-0.2, -0.15) is 8.42 Å². The number of benzene rings is 2. The lowest BCUT2D eigenvalue weighted by Gasteiger charge is -2.15. The third-order valence-corrected chi connectivity index (χ3v) is 4.60. The molecule has 0 unspecified atom stereocenters. The number of hydrogen-bond acceptors (Lipinski definition) is 8. The summed E-state index contributed by atoms with van der Waals surface area (Å²) < 4.78 is 34.5. The van der Waals surface area contributed by atoms with E-state index in [0.717, 1.165) is 17.8 Å². The first-order valence-corrected chi connectivity index (χ1v) is 9.06. The molecule has 0 fully saturated rings. The summed E-state index contributed by atoms with van der Waals surface area (Å²) >= 11 is 0. The normalized spacial score (nSPS) is 11.4. The molecule has 0 bridgehead atoms. The van der Waals surface area contributed by atoms with Crippen LogP contribution in [0.1, 0.15) is 11.1 Å². The van der Waals surface area contributed by atoms with E-state index in [1.165, 1.54) is 31.4 Å². The van der Waals surface area contributed by atoms with Gasteiger partial charge in [0.05, 0.1) is 23.1 Å². The van der Waals surface area contributed by atoms with Crippen LogP contribution in [0.2, 0.25) is 0 Å². The summed E-state index contributed by atoms with van der Waals surface area (Å²) in [4.78, 5) is 10.1. The monoisotopic (exact) mass is 407 g/mol. The van der Waals surface area contributed by atoms with Crippen molar-refractivity contribution < 1.29 is 22.4 Å². The van der Waals surface area contributed by atoms with E-state index < -0.39 is 21.0 Å². The number of hydroxylamine groups is 1. The van der Waals surface area contributed by atoms with Gasteiger partial charge in [0.2, 0.25) is 5.96 Å². The highest BCUT2D eigenvalue weighted by Crippen LogP contribution is 2.23. The molecule has 0 aliphatic rings. The molecule has 2 aromatic rings. The molecule has 2 rings (SSSR count). The van der Waals surface area contributed by atoms with Crippen molar-refractivity contribution in [1.82, 2.24) is 5.17 Å². The minimum absolute atomic E-state index is 0.152. The van der Waals surface area contributed by atoms with Gasteiger partial charge in [-0.05, 0) is 25.1 Å². The van der Waals surface area contributed by atoms with Crippen LogP contribution >= 0.6 is 0 Å². The number of hydrogen-bond donors (Lipinski definition) is 2. The average molecular weight is 407 g/mol. The number of ether oxygens (including phenoxy) is 1. The maximum atomic E-state index is 12.3. The molecule has 0 radical (unpaired) electrons. The van der Waals surface area contributed by atoms with Crippen LogP contribution in [0.4, 0.5) is 5.69 Å². The number of rotatable bonds is 7. The van der Waals surface area contributed by atoms with Gasteiger partial charge in [-0.15, -0.1) is 9.39 Å². The van der Waals surface area contributed by atoms with Gasteiger partial charge >= 0.3 is 10.1 Å². The van der Waals surface area contributed by atoms with Crippen molar-refractivity contribution in [2.75, 3.05) is 7.11 Å². The summed E-state index contributed by atoms with van der Waals surface area (Å²) in [6.07, 6.45) is 1.03. The van der Waals surface area contributed by atoms with Crippen LogP contribution in [-0.2, 0) is 14.4 Å². The third kappa shape index (κ3) is 5.02. The van der Waals surface area contributed by atoms with E-state index in [9.17, 15) is 18.5 Å². The van der Waals surface area contributed by atoms with Crippen molar-refractivity contribution in [1.29, 1.82) is 5.41 Å². The summed E-state index contributed by atoms with van der Waals surface area (Å²) in [5, 5.41) is 22.3. The lowest BCUT2D eigenvalue weighted by molar-refractivity contribution is -0.384. The van der Waals surface area contributed by atoms with Gasteiger partial charge in [-0.1, -0.05) is 22.9 Å². The second-order valence-electron chi connectivity index (χ2n) is 5.43. The fraction of sp³-hybridized carbons (Fsp3) is 0.125. The zero-order valence-corrected chi connectivity index (χ0v) is 15.7. The van der Waals surface area contributed by atoms with Crippen molar-refractivity contribution in [2.24, 2.45) is 10.8 Å². The molecule has 28 heavy (non-hydrogen) atoms. The van der Waals surface area contributed by atoms with Gasteiger partial charge in [-0.25, -0.2) is 0 Å². The second kappa shape index (κ2) is 8.45. The minimum atomic E-state index is -4.31. The number of nitrogens with one attached hydrogen (secondary N) is 1. The standard InChI is InChI=1S/C16H17N5O6S/c1-11-3-6-14(7-4-11)28(24,25)27-20(16(17)18)19-10-12-9-13(21(22)23)5-8-15(12)26-2/h3-10H,1-2H3,(H3,17,18). The van der Waals surface area contributed by atoms with Crippen molar-refractivity contribution >= 4 is 28.0 Å². The molecular formula is C16H17N5O6S. The molecule has 148 valence electrons. The van der Waals surface area contributed by atoms with Crippen LogP contribution in [0, 0.1) is 22.4 Å². The number of hydrazone groups is 1. The number of aryl methyl sites for hydroxylation is 1. The van der Waals surface area contributed by atoms with E-state index in [2.05, 4.69) is 5.10 Å². The smallest absolute Gasteiger partial charge is 0.319 e. The Labute approximate surface area is 160 Å². The Morgan fingerprint density at radius 1 is 1.29 bits per heavy atom. The average Bonchev–Trinajstić information content (AvgIpc) is 2.64. The molecule has 0 aromatic heterocycles. The zero-order chi connectivity index (χ0) is 20.9. The highest BCUT2D eigenvalue weighted by molar-refractivity contribution is 7.86. The number of non-ortho nitro benzene ring substituents is 1. The number of nitrogens with zero attached hydrogens (tertiary/aromatic N) is 3. The first-order valence-electron chi connectivity index (χ1n) is 7.66. The van der Waals surface area contributed by atoms with Gasteiger partial charge in [0.25, 0.3) is 5.69 Å². The molecule has 0 aliphatic carbocycles. The molecule has 0 amide bonds. The molecule has 2 aromatic carbocycles. The van der Waals surface area contributed by atoms with E-state index >= 15 is 0 Å². The number of nitro groups is 1. The molecule has 0 saturated carbocycles. The van der Waals surface area contributed by atoms with E-state index in [4.69, 9.17) is 20.2 Å². The molecule has 11 nitrogen and oxygen atoms in total. The number of guanidine groups is 1. The van der Waals surface area contributed by atoms with Crippen molar-refractivity contribution in [3.8, 4) is 5.75 Å². The lowest BCUT2D eigenvalue weighted by atomic mass is 10.2. The van der Waals surface area contributed by atoms with E-state index in [-0.39, 0.29) is 27.1 Å². The Kier molecular flexibility index (Phi) is 6.28. The zero-order valence-electron chi connectivity index (χ0n) is 14.9. The Morgan fingerprint density at radius 2 is 1.93 bits per heavy atom. The lowest BCUT2D eigenvalue weighted by Crippen LogP contribution is -2.34.